The molecular formula is C25H21NO4. The first-order valence-corrected chi connectivity index (χ1v) is 10.1. The van der Waals surface area contributed by atoms with Crippen LogP contribution >= 0.6 is 0 Å². The third-order valence-electron chi connectivity index (χ3n) is 5.90. The van der Waals surface area contributed by atoms with Gasteiger partial charge in [0.15, 0.2) is 23.0 Å². The minimum Gasteiger partial charge on any atom is -0.493 e. The number of aromatic nitrogens is 1. The predicted octanol–water partition coefficient (Wildman–Crippen LogP) is 5.18. The molecule has 1 aromatic heterocycles. The molecule has 2 aliphatic rings. The monoisotopic (exact) mass is 399 g/mol. The number of fused-ring (bicyclic) bond motifs is 6. The van der Waals surface area contributed by atoms with E-state index in [4.69, 9.17) is 18.9 Å². The highest BCUT2D eigenvalue weighted by Gasteiger charge is 2.24. The lowest BCUT2D eigenvalue weighted by molar-refractivity contribution is 0.174. The van der Waals surface area contributed by atoms with E-state index in [1.165, 1.54) is 22.3 Å². The van der Waals surface area contributed by atoms with E-state index in [9.17, 15) is 0 Å². The Labute approximate surface area is 174 Å². The summed E-state index contributed by atoms with van der Waals surface area (Å²) < 4.78 is 25.3. The van der Waals surface area contributed by atoms with Crippen molar-refractivity contribution < 1.29 is 18.9 Å². The zero-order valence-electron chi connectivity index (χ0n) is 16.7. The second kappa shape index (κ2) is 6.73. The number of methoxy groups -OCH3 is 1. The average molecular weight is 399 g/mol. The van der Waals surface area contributed by atoms with E-state index in [-0.39, 0.29) is 0 Å². The fourth-order valence-corrected chi connectivity index (χ4v) is 4.40. The lowest BCUT2D eigenvalue weighted by Gasteiger charge is -2.22. The molecule has 0 saturated heterocycles. The van der Waals surface area contributed by atoms with Gasteiger partial charge >= 0.3 is 0 Å². The van der Waals surface area contributed by atoms with E-state index in [0.717, 1.165) is 46.9 Å². The van der Waals surface area contributed by atoms with Crippen molar-refractivity contribution in [2.24, 2.45) is 0 Å². The molecule has 0 saturated carbocycles. The maximum atomic E-state index is 6.16. The molecule has 0 radical (unpaired) electrons. The fourth-order valence-electron chi connectivity index (χ4n) is 4.40. The van der Waals surface area contributed by atoms with Crippen molar-refractivity contribution in [3.8, 4) is 34.3 Å². The molecule has 0 spiro atoms. The fraction of sp³-hybridized carbons (Fsp3) is 0.200. The van der Waals surface area contributed by atoms with Crippen LogP contribution in [0.4, 0.5) is 0 Å². The molecule has 0 fully saturated rings. The van der Waals surface area contributed by atoms with Crippen molar-refractivity contribution in [3.05, 3.63) is 71.8 Å². The molecule has 0 N–H and O–H groups in total. The maximum Gasteiger partial charge on any atom is 0.231 e. The van der Waals surface area contributed by atoms with Crippen LogP contribution < -0.4 is 18.9 Å². The van der Waals surface area contributed by atoms with Crippen LogP contribution in [0.3, 0.4) is 0 Å². The van der Waals surface area contributed by atoms with Crippen LogP contribution in [0.2, 0.25) is 0 Å². The molecule has 5 nitrogen and oxygen atoms in total. The summed E-state index contributed by atoms with van der Waals surface area (Å²) in [7, 11) is 1.69. The summed E-state index contributed by atoms with van der Waals surface area (Å²) in [6.07, 6.45) is 0.940. The Hall–Kier alpha value is -3.60. The highest BCUT2D eigenvalue weighted by Crippen LogP contribution is 2.44. The third-order valence-corrected chi connectivity index (χ3v) is 5.90. The number of nitrogens with zero attached hydrogens (tertiary/aromatic N) is 1. The molecule has 0 amide bonds. The summed E-state index contributed by atoms with van der Waals surface area (Å²) in [5.41, 5.74) is 5.93. The zero-order chi connectivity index (χ0) is 20.1. The topological polar surface area (TPSA) is 41.9 Å². The highest BCUT2D eigenvalue weighted by atomic mass is 16.7. The van der Waals surface area contributed by atoms with Crippen LogP contribution in [0, 0.1) is 0 Å². The van der Waals surface area contributed by atoms with Gasteiger partial charge in [0, 0.05) is 29.3 Å². The minimum absolute atomic E-state index is 0.291. The first kappa shape index (κ1) is 17.3. The van der Waals surface area contributed by atoms with Crippen LogP contribution in [0.25, 0.3) is 22.2 Å². The number of ether oxygens (including phenoxy) is 4. The maximum absolute atomic E-state index is 6.16. The van der Waals surface area contributed by atoms with Crippen LogP contribution in [0.1, 0.15) is 11.1 Å². The molecule has 0 atom stereocenters. The van der Waals surface area contributed by atoms with E-state index in [1.807, 2.05) is 18.2 Å². The number of hydrogen-bond donors (Lipinski definition) is 0. The summed E-state index contributed by atoms with van der Waals surface area (Å²) in [6.45, 7) is 1.71. The molecule has 3 heterocycles. The van der Waals surface area contributed by atoms with E-state index < -0.39 is 0 Å². The molecule has 150 valence electrons. The van der Waals surface area contributed by atoms with E-state index in [1.54, 1.807) is 7.11 Å². The highest BCUT2D eigenvalue weighted by molar-refractivity contribution is 5.91. The van der Waals surface area contributed by atoms with Gasteiger partial charge < -0.3 is 23.5 Å². The Morgan fingerprint density at radius 3 is 2.60 bits per heavy atom. The summed E-state index contributed by atoms with van der Waals surface area (Å²) in [5.74, 6) is 3.16. The molecule has 0 aliphatic carbocycles. The summed E-state index contributed by atoms with van der Waals surface area (Å²) in [4.78, 5) is 0. The molecule has 5 heteroatoms. The van der Waals surface area contributed by atoms with Gasteiger partial charge in [-0.2, -0.15) is 0 Å². The molecule has 3 aromatic carbocycles. The lowest BCUT2D eigenvalue weighted by Crippen LogP contribution is -2.11. The van der Waals surface area contributed by atoms with E-state index in [0.29, 0.717) is 13.4 Å². The normalized spacial score (nSPS) is 13.8. The van der Waals surface area contributed by atoms with Crippen molar-refractivity contribution in [2.75, 3.05) is 13.9 Å². The smallest absolute Gasteiger partial charge is 0.231 e. The van der Waals surface area contributed by atoms with Crippen molar-refractivity contribution in [3.63, 3.8) is 0 Å². The van der Waals surface area contributed by atoms with Crippen LogP contribution in [0.15, 0.2) is 60.7 Å². The minimum atomic E-state index is 0.291. The van der Waals surface area contributed by atoms with Crippen molar-refractivity contribution >= 4 is 10.9 Å². The summed E-state index contributed by atoms with van der Waals surface area (Å²) in [5, 5.41) is 1.16. The Morgan fingerprint density at radius 1 is 0.933 bits per heavy atom. The van der Waals surface area contributed by atoms with Crippen LogP contribution in [-0.2, 0) is 19.6 Å². The second-order valence-corrected chi connectivity index (χ2v) is 7.63. The van der Waals surface area contributed by atoms with Crippen LogP contribution in [0.5, 0.6) is 23.0 Å². The Bertz CT molecular complexity index is 1260. The predicted molar refractivity (Wildman–Crippen MR) is 115 cm³/mol. The van der Waals surface area contributed by atoms with E-state index >= 15 is 0 Å². The van der Waals surface area contributed by atoms with Crippen molar-refractivity contribution in [1.29, 1.82) is 0 Å². The van der Waals surface area contributed by atoms with Crippen LogP contribution in [-0.4, -0.2) is 18.5 Å². The van der Waals surface area contributed by atoms with Gasteiger partial charge in [-0.25, -0.2) is 0 Å². The van der Waals surface area contributed by atoms with Gasteiger partial charge in [-0.15, -0.1) is 0 Å². The Balaban J connectivity index is 1.43. The van der Waals surface area contributed by atoms with Crippen molar-refractivity contribution in [1.82, 2.24) is 4.57 Å². The molecule has 2 aliphatic heterocycles. The van der Waals surface area contributed by atoms with Gasteiger partial charge in [0.05, 0.1) is 12.6 Å². The number of benzene rings is 3. The first-order chi connectivity index (χ1) is 14.8. The van der Waals surface area contributed by atoms with Crippen molar-refractivity contribution in [2.45, 2.75) is 19.6 Å². The molecule has 6 rings (SSSR count). The average Bonchev–Trinajstić information content (AvgIpc) is 3.39. The van der Waals surface area contributed by atoms with Gasteiger partial charge in [-0.05, 0) is 41.8 Å². The zero-order valence-corrected chi connectivity index (χ0v) is 16.7. The number of aryl methyl sites for hydroxylation is 2. The Kier molecular flexibility index (Phi) is 3.88. The lowest BCUT2D eigenvalue weighted by atomic mass is 9.97. The van der Waals surface area contributed by atoms with Gasteiger partial charge in [-0.1, -0.05) is 30.3 Å². The number of rotatable bonds is 4. The van der Waals surface area contributed by atoms with Gasteiger partial charge in [0.2, 0.25) is 6.79 Å². The van der Waals surface area contributed by atoms with Gasteiger partial charge in [0.25, 0.3) is 0 Å². The first-order valence-electron chi connectivity index (χ1n) is 10.1. The summed E-state index contributed by atoms with van der Waals surface area (Å²) in [6, 6.07) is 20.8. The molecule has 30 heavy (non-hydrogen) atoms. The summed E-state index contributed by atoms with van der Waals surface area (Å²) >= 11 is 0. The Morgan fingerprint density at radius 2 is 1.77 bits per heavy atom. The molecular weight excluding hydrogens is 378 g/mol. The standard InChI is InChI=1S/C25H21NO4/c1-27-22-10-17-7-8-26-20-13-25-23(29-15-30-25)11-18(20)9-21(26)19(17)12-24(22)28-14-16-5-3-2-4-6-16/h2-6,9-13H,7-8,14-15H2,1H3. The molecule has 0 bridgehead atoms. The quantitative estimate of drug-likeness (QED) is 0.474. The SMILES string of the molecule is COc1cc2c(cc1OCc1ccccc1)-c1cc3cc4c(cc3n1CC2)OCO4. The van der Waals surface area contributed by atoms with Gasteiger partial charge in [0.1, 0.15) is 6.61 Å². The van der Waals surface area contributed by atoms with Gasteiger partial charge in [-0.3, -0.25) is 0 Å². The van der Waals surface area contributed by atoms with E-state index in [2.05, 4.69) is 47.0 Å². The largest absolute Gasteiger partial charge is 0.493 e. The second-order valence-electron chi connectivity index (χ2n) is 7.63. The molecule has 0 unspecified atom stereocenters. The molecule has 4 aromatic rings. The number of hydrogen-bond acceptors (Lipinski definition) is 4. The third kappa shape index (κ3) is 2.70.